The smallest absolute Gasteiger partial charge is 0.231 e. The number of anilines is 1. The summed E-state index contributed by atoms with van der Waals surface area (Å²) < 4.78 is 13.6. The number of nitrogens with zero attached hydrogens (tertiary/aromatic N) is 2. The van der Waals surface area contributed by atoms with Crippen molar-refractivity contribution in [2.45, 2.75) is 18.9 Å². The first kappa shape index (κ1) is 15.6. The second-order valence-electron chi connectivity index (χ2n) is 5.48. The van der Waals surface area contributed by atoms with Crippen molar-refractivity contribution >= 4 is 28.3 Å². The number of hydrogen-bond donors (Lipinski definition) is 1. The van der Waals surface area contributed by atoms with E-state index in [0.717, 1.165) is 0 Å². The molecular weight excluding hydrogens is 317 g/mol. The SMILES string of the molecule is CN1C(=O)CC[C@H](C(=O)Nc2nccs2)[C@H]1c1cccc(F)c1. The van der Waals surface area contributed by atoms with Gasteiger partial charge in [0.05, 0.1) is 12.0 Å². The molecule has 5 nitrogen and oxygen atoms in total. The number of piperidine rings is 1. The molecule has 1 aromatic heterocycles. The average Bonchev–Trinajstić information content (AvgIpc) is 3.02. The topological polar surface area (TPSA) is 62.3 Å². The molecule has 0 radical (unpaired) electrons. The third kappa shape index (κ3) is 3.24. The fourth-order valence-corrected chi connectivity index (χ4v) is 3.47. The lowest BCUT2D eigenvalue weighted by Crippen LogP contribution is -2.44. The highest BCUT2D eigenvalue weighted by Gasteiger charge is 2.39. The van der Waals surface area contributed by atoms with E-state index in [1.165, 1.54) is 28.4 Å². The first-order valence-electron chi connectivity index (χ1n) is 7.28. The van der Waals surface area contributed by atoms with Crippen LogP contribution in [0.2, 0.25) is 0 Å². The molecule has 1 N–H and O–H groups in total. The minimum absolute atomic E-state index is 0.0439. The highest BCUT2D eigenvalue weighted by atomic mass is 32.1. The number of carbonyl (C=O) groups excluding carboxylic acids is 2. The van der Waals surface area contributed by atoms with Crippen LogP contribution in [0.15, 0.2) is 35.8 Å². The van der Waals surface area contributed by atoms with Crippen molar-refractivity contribution in [2.75, 3.05) is 12.4 Å². The summed E-state index contributed by atoms with van der Waals surface area (Å²) in [5.41, 5.74) is 0.625. The normalized spacial score (nSPS) is 21.3. The number of aromatic nitrogens is 1. The van der Waals surface area contributed by atoms with E-state index in [9.17, 15) is 14.0 Å². The van der Waals surface area contributed by atoms with Crippen LogP contribution in [0.4, 0.5) is 9.52 Å². The molecular formula is C16H16FN3O2S. The van der Waals surface area contributed by atoms with Crippen molar-refractivity contribution in [1.82, 2.24) is 9.88 Å². The Kier molecular flexibility index (Phi) is 4.38. The van der Waals surface area contributed by atoms with Gasteiger partial charge >= 0.3 is 0 Å². The molecule has 1 saturated heterocycles. The Hall–Kier alpha value is -2.28. The molecule has 1 aliphatic heterocycles. The Morgan fingerprint density at radius 3 is 3.00 bits per heavy atom. The molecule has 1 aliphatic rings. The predicted molar refractivity (Wildman–Crippen MR) is 85.4 cm³/mol. The Bertz CT molecular complexity index is 720. The summed E-state index contributed by atoms with van der Waals surface area (Å²) in [6, 6.07) is 5.58. The quantitative estimate of drug-likeness (QED) is 0.939. The predicted octanol–water partition coefficient (Wildman–Crippen LogP) is 2.83. The molecule has 3 rings (SSSR count). The van der Waals surface area contributed by atoms with Crippen molar-refractivity contribution in [1.29, 1.82) is 0 Å². The van der Waals surface area contributed by atoms with Crippen molar-refractivity contribution in [3.63, 3.8) is 0 Å². The average molecular weight is 333 g/mol. The molecule has 2 amide bonds. The van der Waals surface area contributed by atoms with Gasteiger partial charge in [0.1, 0.15) is 5.82 Å². The van der Waals surface area contributed by atoms with Gasteiger partial charge in [-0.25, -0.2) is 9.37 Å². The lowest BCUT2D eigenvalue weighted by molar-refractivity contribution is -0.140. The number of likely N-dealkylation sites (tertiary alicyclic amines) is 1. The lowest BCUT2D eigenvalue weighted by atomic mass is 9.84. The maximum atomic E-state index is 13.6. The molecule has 0 bridgehead atoms. The van der Waals surface area contributed by atoms with Crippen LogP contribution >= 0.6 is 11.3 Å². The molecule has 2 aromatic rings. The lowest BCUT2D eigenvalue weighted by Gasteiger charge is -2.38. The number of amides is 2. The van der Waals surface area contributed by atoms with Crippen LogP contribution in [-0.4, -0.2) is 28.7 Å². The first-order valence-corrected chi connectivity index (χ1v) is 8.15. The number of carbonyl (C=O) groups is 2. The zero-order valence-electron chi connectivity index (χ0n) is 12.5. The van der Waals surface area contributed by atoms with Gasteiger partial charge in [-0.15, -0.1) is 11.3 Å². The van der Waals surface area contributed by atoms with Crippen LogP contribution in [-0.2, 0) is 9.59 Å². The Morgan fingerprint density at radius 2 is 2.30 bits per heavy atom. The van der Waals surface area contributed by atoms with Gasteiger partial charge in [0.2, 0.25) is 11.8 Å². The second-order valence-corrected chi connectivity index (χ2v) is 6.37. The molecule has 7 heteroatoms. The summed E-state index contributed by atoms with van der Waals surface area (Å²) in [6.07, 6.45) is 2.35. The van der Waals surface area contributed by atoms with Crippen molar-refractivity contribution in [2.24, 2.45) is 5.92 Å². The van der Waals surface area contributed by atoms with Gasteiger partial charge < -0.3 is 10.2 Å². The molecule has 1 fully saturated rings. The minimum Gasteiger partial charge on any atom is -0.338 e. The molecule has 0 aliphatic carbocycles. The van der Waals surface area contributed by atoms with Crippen LogP contribution in [0.5, 0.6) is 0 Å². The summed E-state index contributed by atoms with van der Waals surface area (Å²) in [5.74, 6) is -1.07. The van der Waals surface area contributed by atoms with E-state index in [0.29, 0.717) is 23.5 Å². The largest absolute Gasteiger partial charge is 0.338 e. The summed E-state index contributed by atoms with van der Waals surface area (Å²) >= 11 is 1.33. The second kappa shape index (κ2) is 6.45. The van der Waals surface area contributed by atoms with E-state index in [1.54, 1.807) is 30.8 Å². The Morgan fingerprint density at radius 1 is 1.48 bits per heavy atom. The molecule has 0 unspecified atom stereocenters. The summed E-state index contributed by atoms with van der Waals surface area (Å²) in [7, 11) is 1.65. The highest BCUT2D eigenvalue weighted by molar-refractivity contribution is 7.13. The minimum atomic E-state index is -0.480. The van der Waals surface area contributed by atoms with E-state index in [4.69, 9.17) is 0 Å². The van der Waals surface area contributed by atoms with Gasteiger partial charge in [-0.2, -0.15) is 0 Å². The monoisotopic (exact) mass is 333 g/mol. The van der Waals surface area contributed by atoms with E-state index in [2.05, 4.69) is 10.3 Å². The van der Waals surface area contributed by atoms with Gasteiger partial charge in [0.15, 0.2) is 5.13 Å². The number of halogens is 1. The summed E-state index contributed by atoms with van der Waals surface area (Å²) in [5, 5.41) is 5.07. The Labute approximate surface area is 137 Å². The molecule has 2 heterocycles. The number of benzene rings is 1. The van der Waals surface area contributed by atoms with Crippen LogP contribution in [0, 0.1) is 11.7 Å². The Balaban J connectivity index is 1.89. The van der Waals surface area contributed by atoms with E-state index < -0.39 is 12.0 Å². The molecule has 0 spiro atoms. The third-order valence-electron chi connectivity index (χ3n) is 4.05. The molecule has 120 valence electrons. The highest BCUT2D eigenvalue weighted by Crippen LogP contribution is 2.36. The summed E-state index contributed by atoms with van der Waals surface area (Å²) in [4.78, 5) is 30.2. The maximum absolute atomic E-state index is 13.6. The van der Waals surface area contributed by atoms with Crippen molar-refractivity contribution in [3.8, 4) is 0 Å². The standard InChI is InChI=1S/C16H16FN3O2S/c1-20-13(21)6-5-12(15(22)19-16-18-7-8-23-16)14(20)10-3-2-4-11(17)9-10/h2-4,7-9,12,14H,5-6H2,1H3,(H,18,19,22)/t12-,14+/m0/s1. The molecule has 2 atom stereocenters. The number of thiazole rings is 1. The van der Waals surface area contributed by atoms with E-state index in [-0.39, 0.29) is 17.6 Å². The number of nitrogens with one attached hydrogen (secondary N) is 1. The van der Waals surface area contributed by atoms with E-state index in [1.807, 2.05) is 0 Å². The van der Waals surface area contributed by atoms with Gasteiger partial charge in [-0.1, -0.05) is 12.1 Å². The molecule has 0 saturated carbocycles. The fraction of sp³-hybridized carbons (Fsp3) is 0.312. The van der Waals surface area contributed by atoms with E-state index >= 15 is 0 Å². The zero-order valence-corrected chi connectivity index (χ0v) is 13.3. The van der Waals surface area contributed by atoms with Gasteiger partial charge in [-0.3, -0.25) is 9.59 Å². The fourth-order valence-electron chi connectivity index (χ4n) is 2.94. The summed E-state index contributed by atoms with van der Waals surface area (Å²) in [6.45, 7) is 0. The maximum Gasteiger partial charge on any atom is 0.231 e. The molecule has 23 heavy (non-hydrogen) atoms. The van der Waals surface area contributed by atoms with Gasteiger partial charge in [0, 0.05) is 25.0 Å². The van der Waals surface area contributed by atoms with Crippen molar-refractivity contribution in [3.05, 3.63) is 47.2 Å². The van der Waals surface area contributed by atoms with Gasteiger partial charge in [0.25, 0.3) is 0 Å². The van der Waals surface area contributed by atoms with Crippen LogP contribution in [0.1, 0.15) is 24.4 Å². The van der Waals surface area contributed by atoms with Crippen LogP contribution in [0.3, 0.4) is 0 Å². The zero-order chi connectivity index (χ0) is 16.4. The van der Waals surface area contributed by atoms with Crippen LogP contribution < -0.4 is 5.32 Å². The third-order valence-corrected chi connectivity index (χ3v) is 4.74. The number of hydrogen-bond acceptors (Lipinski definition) is 4. The molecule has 1 aromatic carbocycles. The first-order chi connectivity index (χ1) is 11.1. The van der Waals surface area contributed by atoms with Gasteiger partial charge in [-0.05, 0) is 24.1 Å². The van der Waals surface area contributed by atoms with Crippen molar-refractivity contribution < 1.29 is 14.0 Å². The van der Waals surface area contributed by atoms with Crippen LogP contribution in [0.25, 0.3) is 0 Å². The number of rotatable bonds is 3.